The fourth-order valence-electron chi connectivity index (χ4n) is 3.34. The van der Waals surface area contributed by atoms with Crippen LogP contribution in [-0.2, 0) is 0 Å². The molecule has 5 rings (SSSR count). The van der Waals surface area contributed by atoms with Gasteiger partial charge in [-0.3, -0.25) is 14.9 Å². The number of nitrogens with zero attached hydrogens (tertiary/aromatic N) is 2. The van der Waals surface area contributed by atoms with Gasteiger partial charge in [0.1, 0.15) is 0 Å². The molecule has 0 atom stereocenters. The van der Waals surface area contributed by atoms with E-state index in [1.807, 2.05) is 71.6 Å². The summed E-state index contributed by atoms with van der Waals surface area (Å²) in [5.74, 6) is -0.261. The van der Waals surface area contributed by atoms with Crippen molar-refractivity contribution < 1.29 is 9.59 Å². The molecule has 0 fully saturated rings. The second kappa shape index (κ2) is 8.01. The molecule has 0 unspecified atom stereocenters. The topological polar surface area (TPSA) is 64.0 Å². The van der Waals surface area contributed by atoms with Crippen LogP contribution in [-0.4, -0.2) is 21.2 Å². The molecular weight excluding hydrogens is 406 g/mol. The van der Waals surface area contributed by atoms with E-state index in [4.69, 9.17) is 0 Å². The highest BCUT2D eigenvalue weighted by atomic mass is 32.1. The van der Waals surface area contributed by atoms with Crippen molar-refractivity contribution in [3.8, 4) is 5.69 Å². The van der Waals surface area contributed by atoms with E-state index in [9.17, 15) is 9.59 Å². The number of amides is 1. The number of rotatable bonds is 5. The molecule has 5 aromatic rings. The van der Waals surface area contributed by atoms with E-state index in [1.165, 1.54) is 11.3 Å². The van der Waals surface area contributed by atoms with Gasteiger partial charge in [0.2, 0.25) is 0 Å². The van der Waals surface area contributed by atoms with Gasteiger partial charge in [0.25, 0.3) is 5.91 Å². The van der Waals surface area contributed by atoms with E-state index >= 15 is 0 Å². The number of carbonyl (C=O) groups excluding carboxylic acids is 2. The molecule has 0 saturated carbocycles. The largest absolute Gasteiger partial charge is 0.324 e. The summed E-state index contributed by atoms with van der Waals surface area (Å²) in [5, 5.41) is 3.36. The third-order valence-electron chi connectivity index (χ3n) is 4.94. The normalized spacial score (nSPS) is 10.8. The van der Waals surface area contributed by atoms with Crippen molar-refractivity contribution in [3.05, 3.63) is 114 Å². The van der Waals surface area contributed by atoms with Gasteiger partial charge < -0.3 is 4.57 Å². The molecule has 6 heteroatoms. The lowest BCUT2D eigenvalue weighted by Crippen LogP contribution is -2.11. The Morgan fingerprint density at radius 3 is 2.23 bits per heavy atom. The number of anilines is 1. The number of carbonyl (C=O) groups is 2. The van der Waals surface area contributed by atoms with Gasteiger partial charge in [-0.2, -0.15) is 0 Å². The summed E-state index contributed by atoms with van der Waals surface area (Å²) in [4.78, 5) is 29.8. The molecule has 2 aromatic heterocycles. The molecule has 0 aliphatic carbocycles. The van der Waals surface area contributed by atoms with Gasteiger partial charge in [0.15, 0.2) is 10.9 Å². The minimum absolute atomic E-state index is 0.0377. The van der Waals surface area contributed by atoms with E-state index in [0.29, 0.717) is 21.8 Å². The minimum Gasteiger partial charge on any atom is -0.324 e. The van der Waals surface area contributed by atoms with Crippen molar-refractivity contribution in [2.24, 2.45) is 0 Å². The maximum Gasteiger partial charge on any atom is 0.257 e. The van der Waals surface area contributed by atoms with E-state index in [-0.39, 0.29) is 11.7 Å². The molecule has 2 heterocycles. The quantitative estimate of drug-likeness (QED) is 0.376. The van der Waals surface area contributed by atoms with Gasteiger partial charge >= 0.3 is 0 Å². The second-order valence-electron chi connectivity index (χ2n) is 6.99. The van der Waals surface area contributed by atoms with Crippen LogP contribution in [0.25, 0.3) is 15.9 Å². The first-order valence-electron chi connectivity index (χ1n) is 9.72. The average molecular weight is 423 g/mol. The molecule has 0 bridgehead atoms. The third kappa shape index (κ3) is 3.89. The fraction of sp³-hybridized carbons (Fsp3) is 0. The number of nitrogens with one attached hydrogen (secondary N) is 1. The summed E-state index contributed by atoms with van der Waals surface area (Å²) >= 11 is 1.35. The smallest absolute Gasteiger partial charge is 0.257 e. The van der Waals surface area contributed by atoms with Gasteiger partial charge in [-0.1, -0.05) is 41.7 Å². The molecule has 0 aliphatic heterocycles. The molecular formula is C25H17N3O2S. The summed E-state index contributed by atoms with van der Waals surface area (Å²) in [6.45, 7) is 0. The molecule has 31 heavy (non-hydrogen) atoms. The van der Waals surface area contributed by atoms with Crippen LogP contribution in [0.2, 0.25) is 0 Å². The molecule has 5 nitrogen and oxygen atoms in total. The van der Waals surface area contributed by atoms with E-state index in [0.717, 1.165) is 15.9 Å². The Labute approximate surface area is 182 Å². The highest BCUT2D eigenvalue weighted by Gasteiger charge is 2.13. The Bertz CT molecular complexity index is 1370. The Morgan fingerprint density at radius 1 is 0.774 bits per heavy atom. The van der Waals surface area contributed by atoms with Crippen LogP contribution in [0, 0.1) is 0 Å². The van der Waals surface area contributed by atoms with Crippen LogP contribution in [0.4, 0.5) is 5.13 Å². The minimum atomic E-state index is -0.223. The SMILES string of the molecule is O=C(Nc1nc2ccc(C(=O)c3ccccc3)cc2s1)c1ccc(-n2cccc2)cc1. The Morgan fingerprint density at radius 2 is 1.48 bits per heavy atom. The zero-order chi connectivity index (χ0) is 21.2. The highest BCUT2D eigenvalue weighted by molar-refractivity contribution is 7.22. The lowest BCUT2D eigenvalue weighted by Gasteiger charge is -2.05. The first kappa shape index (κ1) is 19.0. The molecule has 150 valence electrons. The Hall–Kier alpha value is -4.03. The number of aromatic nitrogens is 2. The monoisotopic (exact) mass is 423 g/mol. The third-order valence-corrected chi connectivity index (χ3v) is 5.87. The lowest BCUT2D eigenvalue weighted by atomic mass is 10.0. The molecule has 0 spiro atoms. The standard InChI is InChI=1S/C25H17N3O2S/c29-23(17-6-2-1-3-7-17)19-10-13-21-22(16-19)31-25(26-21)27-24(30)18-8-11-20(12-9-18)28-14-4-5-15-28/h1-16H,(H,26,27,30). The summed E-state index contributed by atoms with van der Waals surface area (Å²) < 4.78 is 2.82. The molecule has 0 radical (unpaired) electrons. The number of hydrogen-bond donors (Lipinski definition) is 1. The Balaban J connectivity index is 1.34. The maximum atomic E-state index is 12.7. The van der Waals surface area contributed by atoms with Crippen molar-refractivity contribution in [1.82, 2.24) is 9.55 Å². The number of benzene rings is 3. The zero-order valence-electron chi connectivity index (χ0n) is 16.4. The van der Waals surface area contributed by atoms with Crippen LogP contribution in [0.1, 0.15) is 26.3 Å². The van der Waals surface area contributed by atoms with Gasteiger partial charge in [-0.05, 0) is 54.6 Å². The molecule has 1 N–H and O–H groups in total. The first-order valence-corrected chi connectivity index (χ1v) is 10.5. The van der Waals surface area contributed by atoms with Crippen molar-refractivity contribution in [3.63, 3.8) is 0 Å². The van der Waals surface area contributed by atoms with Crippen LogP contribution < -0.4 is 5.32 Å². The Kier molecular flexibility index (Phi) is 4.90. The zero-order valence-corrected chi connectivity index (χ0v) is 17.2. The predicted molar refractivity (Wildman–Crippen MR) is 123 cm³/mol. The van der Waals surface area contributed by atoms with Gasteiger partial charge in [0.05, 0.1) is 10.2 Å². The van der Waals surface area contributed by atoms with E-state index < -0.39 is 0 Å². The van der Waals surface area contributed by atoms with Crippen molar-refractivity contribution in [1.29, 1.82) is 0 Å². The molecule has 0 aliphatic rings. The summed E-state index contributed by atoms with van der Waals surface area (Å²) in [6, 6.07) is 25.8. The van der Waals surface area contributed by atoms with Crippen molar-refractivity contribution in [2.75, 3.05) is 5.32 Å². The maximum absolute atomic E-state index is 12.7. The average Bonchev–Trinajstić information content (AvgIpc) is 3.48. The van der Waals surface area contributed by atoms with Gasteiger partial charge in [-0.25, -0.2) is 4.98 Å². The molecule has 0 saturated heterocycles. The second-order valence-corrected chi connectivity index (χ2v) is 8.02. The van der Waals surface area contributed by atoms with Gasteiger partial charge in [0, 0.05) is 34.8 Å². The fourth-order valence-corrected chi connectivity index (χ4v) is 4.24. The van der Waals surface area contributed by atoms with Crippen LogP contribution in [0.3, 0.4) is 0 Å². The van der Waals surface area contributed by atoms with Crippen molar-refractivity contribution >= 4 is 38.4 Å². The van der Waals surface area contributed by atoms with Crippen molar-refractivity contribution in [2.45, 2.75) is 0 Å². The molecule has 1 amide bonds. The number of thiazole rings is 1. The van der Waals surface area contributed by atoms with Crippen LogP contribution >= 0.6 is 11.3 Å². The lowest BCUT2D eigenvalue weighted by molar-refractivity contribution is 0.102. The number of fused-ring (bicyclic) bond motifs is 1. The number of ketones is 1. The molecule has 3 aromatic carbocycles. The van der Waals surface area contributed by atoms with E-state index in [2.05, 4.69) is 10.3 Å². The summed E-state index contributed by atoms with van der Waals surface area (Å²) in [5.41, 5.74) is 3.52. The summed E-state index contributed by atoms with van der Waals surface area (Å²) in [6.07, 6.45) is 3.90. The van der Waals surface area contributed by atoms with E-state index in [1.54, 1.807) is 30.3 Å². The van der Waals surface area contributed by atoms with Crippen LogP contribution in [0.5, 0.6) is 0 Å². The summed E-state index contributed by atoms with van der Waals surface area (Å²) in [7, 11) is 0. The first-order chi connectivity index (χ1) is 15.2. The predicted octanol–water partition coefficient (Wildman–Crippen LogP) is 5.57. The van der Waals surface area contributed by atoms with Crippen LogP contribution in [0.15, 0.2) is 97.3 Å². The highest BCUT2D eigenvalue weighted by Crippen LogP contribution is 2.28. The number of hydrogen-bond acceptors (Lipinski definition) is 4. The van der Waals surface area contributed by atoms with Gasteiger partial charge in [-0.15, -0.1) is 0 Å².